The van der Waals surface area contributed by atoms with Crippen LogP contribution in [0.3, 0.4) is 0 Å². The van der Waals surface area contributed by atoms with Crippen molar-refractivity contribution in [2.45, 2.75) is 0 Å². The Labute approximate surface area is 98.6 Å². The Morgan fingerprint density at radius 1 is 0.824 bits per heavy atom. The van der Waals surface area contributed by atoms with Gasteiger partial charge in [0.05, 0.1) is 0 Å². The summed E-state index contributed by atoms with van der Waals surface area (Å²) >= 11 is 0. The molecule has 0 atom stereocenters. The van der Waals surface area contributed by atoms with E-state index < -0.39 is 0 Å². The quantitative estimate of drug-likeness (QED) is 0.594. The Morgan fingerprint density at radius 3 is 1.76 bits per heavy atom. The molecule has 0 radical (unpaired) electrons. The Hall–Kier alpha value is -2.56. The molecule has 17 heavy (non-hydrogen) atoms. The highest BCUT2D eigenvalue weighted by molar-refractivity contribution is 5.67. The Kier molecular flexibility index (Phi) is 3.94. The first kappa shape index (κ1) is 10.9. The summed E-state index contributed by atoms with van der Waals surface area (Å²) in [5.41, 5.74) is 0. The van der Waals surface area contributed by atoms with Gasteiger partial charge in [0.25, 0.3) is 0 Å². The summed E-state index contributed by atoms with van der Waals surface area (Å²) in [5.74, 6) is 1.16. The van der Waals surface area contributed by atoms with E-state index in [0.717, 1.165) is 0 Å². The van der Waals surface area contributed by atoms with Crippen molar-refractivity contribution in [2.75, 3.05) is 0 Å². The SMILES string of the molecule is C(=Nc1ccccn1)OC=Nc1ccccn1. The van der Waals surface area contributed by atoms with Crippen LogP contribution in [-0.2, 0) is 4.74 Å². The molecule has 0 aliphatic heterocycles. The van der Waals surface area contributed by atoms with Crippen molar-refractivity contribution < 1.29 is 4.74 Å². The second-order valence-electron chi connectivity index (χ2n) is 2.98. The highest BCUT2D eigenvalue weighted by Crippen LogP contribution is 2.04. The van der Waals surface area contributed by atoms with Crippen LogP contribution in [-0.4, -0.2) is 22.8 Å². The molecule has 2 heterocycles. The number of hydrogen-bond acceptors (Lipinski definition) is 5. The van der Waals surface area contributed by atoms with E-state index in [0.29, 0.717) is 11.6 Å². The molecule has 0 saturated heterocycles. The monoisotopic (exact) mass is 226 g/mol. The summed E-state index contributed by atoms with van der Waals surface area (Å²) < 4.78 is 4.98. The van der Waals surface area contributed by atoms with Crippen LogP contribution in [0.2, 0.25) is 0 Å². The molecule has 84 valence electrons. The highest BCUT2D eigenvalue weighted by Gasteiger charge is 1.85. The van der Waals surface area contributed by atoms with Crippen molar-refractivity contribution in [3.8, 4) is 0 Å². The van der Waals surface area contributed by atoms with Gasteiger partial charge in [0.1, 0.15) is 0 Å². The fourth-order valence-corrected chi connectivity index (χ4v) is 1.06. The molecule has 0 amide bonds. The average molecular weight is 226 g/mol. The van der Waals surface area contributed by atoms with Crippen LogP contribution in [0.5, 0.6) is 0 Å². The summed E-state index contributed by atoms with van der Waals surface area (Å²) in [7, 11) is 0. The molecule has 5 nitrogen and oxygen atoms in total. The molecule has 0 saturated carbocycles. The molecule has 0 bridgehead atoms. The highest BCUT2D eigenvalue weighted by atomic mass is 16.5. The van der Waals surface area contributed by atoms with Crippen LogP contribution < -0.4 is 0 Å². The molecule has 0 spiro atoms. The largest absolute Gasteiger partial charge is 0.434 e. The zero-order valence-electron chi connectivity index (χ0n) is 8.97. The molecule has 0 N–H and O–H groups in total. The molecule has 0 fully saturated rings. The van der Waals surface area contributed by atoms with Crippen LogP contribution >= 0.6 is 0 Å². The van der Waals surface area contributed by atoms with Crippen molar-refractivity contribution in [3.05, 3.63) is 48.8 Å². The maximum absolute atomic E-state index is 4.98. The van der Waals surface area contributed by atoms with Gasteiger partial charge in [0.2, 0.25) is 0 Å². The van der Waals surface area contributed by atoms with Crippen LogP contribution in [0.1, 0.15) is 0 Å². The number of hydrogen-bond donors (Lipinski definition) is 0. The first-order valence-electron chi connectivity index (χ1n) is 4.98. The van der Waals surface area contributed by atoms with E-state index >= 15 is 0 Å². The zero-order chi connectivity index (χ0) is 11.8. The third kappa shape index (κ3) is 3.83. The van der Waals surface area contributed by atoms with Gasteiger partial charge in [-0.25, -0.2) is 20.0 Å². The molecular weight excluding hydrogens is 216 g/mol. The molecular formula is C12H10N4O. The zero-order valence-corrected chi connectivity index (χ0v) is 8.97. The van der Waals surface area contributed by atoms with Gasteiger partial charge in [-0.3, -0.25) is 0 Å². The summed E-state index contributed by atoms with van der Waals surface area (Å²) in [5, 5.41) is 0. The molecule has 0 aliphatic rings. The minimum Gasteiger partial charge on any atom is -0.434 e. The van der Waals surface area contributed by atoms with Gasteiger partial charge >= 0.3 is 0 Å². The van der Waals surface area contributed by atoms with E-state index in [-0.39, 0.29) is 0 Å². The minimum atomic E-state index is 0.582. The van der Waals surface area contributed by atoms with Gasteiger partial charge in [-0.2, -0.15) is 0 Å². The van der Waals surface area contributed by atoms with Crippen LogP contribution in [0.15, 0.2) is 58.8 Å². The van der Waals surface area contributed by atoms with E-state index in [9.17, 15) is 0 Å². The fourth-order valence-electron chi connectivity index (χ4n) is 1.06. The third-order valence-corrected chi connectivity index (χ3v) is 1.79. The first-order valence-corrected chi connectivity index (χ1v) is 4.98. The van der Waals surface area contributed by atoms with E-state index in [1.165, 1.54) is 12.8 Å². The lowest BCUT2D eigenvalue weighted by molar-refractivity contribution is 0.594. The smallest absolute Gasteiger partial charge is 0.184 e. The number of rotatable bonds is 4. The summed E-state index contributed by atoms with van der Waals surface area (Å²) in [6.45, 7) is 0. The van der Waals surface area contributed by atoms with Crippen molar-refractivity contribution in [2.24, 2.45) is 9.98 Å². The van der Waals surface area contributed by atoms with Gasteiger partial charge in [0, 0.05) is 12.4 Å². The van der Waals surface area contributed by atoms with E-state index in [1.54, 1.807) is 24.5 Å². The van der Waals surface area contributed by atoms with Crippen molar-refractivity contribution in [1.29, 1.82) is 0 Å². The van der Waals surface area contributed by atoms with E-state index in [2.05, 4.69) is 20.0 Å². The number of nitrogens with zero attached hydrogens (tertiary/aromatic N) is 4. The van der Waals surface area contributed by atoms with E-state index in [1.807, 2.05) is 24.3 Å². The Morgan fingerprint density at radius 2 is 1.35 bits per heavy atom. The Balaban J connectivity index is 1.84. The van der Waals surface area contributed by atoms with Crippen LogP contribution in [0, 0.1) is 0 Å². The number of pyridine rings is 2. The van der Waals surface area contributed by atoms with Crippen molar-refractivity contribution in [3.63, 3.8) is 0 Å². The van der Waals surface area contributed by atoms with Crippen LogP contribution in [0.25, 0.3) is 0 Å². The molecule has 2 rings (SSSR count). The van der Waals surface area contributed by atoms with Gasteiger partial charge in [-0.1, -0.05) is 12.1 Å². The number of ether oxygens (including phenoxy) is 1. The number of aromatic nitrogens is 2. The molecule has 2 aromatic rings. The Bertz CT molecular complexity index is 449. The van der Waals surface area contributed by atoms with Gasteiger partial charge in [0.15, 0.2) is 24.4 Å². The first-order chi connectivity index (χ1) is 8.45. The minimum absolute atomic E-state index is 0.582. The number of aliphatic imine (C=N–C) groups is 2. The maximum atomic E-state index is 4.98. The van der Waals surface area contributed by atoms with Crippen molar-refractivity contribution in [1.82, 2.24) is 9.97 Å². The molecule has 0 aliphatic carbocycles. The molecule has 0 unspecified atom stereocenters. The lowest BCUT2D eigenvalue weighted by Crippen LogP contribution is -1.83. The molecule has 5 heteroatoms. The fraction of sp³-hybridized carbons (Fsp3) is 0. The summed E-state index contributed by atoms with van der Waals surface area (Å²) in [4.78, 5) is 15.9. The third-order valence-electron chi connectivity index (χ3n) is 1.79. The normalized spacial score (nSPS) is 11.1. The lowest BCUT2D eigenvalue weighted by Gasteiger charge is -1.91. The second kappa shape index (κ2) is 6.12. The molecule has 2 aromatic heterocycles. The predicted octanol–water partition coefficient (Wildman–Crippen LogP) is 2.51. The average Bonchev–Trinajstić information content (AvgIpc) is 2.41. The second-order valence-corrected chi connectivity index (χ2v) is 2.98. The van der Waals surface area contributed by atoms with E-state index in [4.69, 9.17) is 4.74 Å². The standard InChI is InChI=1S/C12H10N4O/c1-3-7-13-11(5-1)15-9-17-10-16-12-6-2-4-8-14-12/h1-10H. The summed E-state index contributed by atoms with van der Waals surface area (Å²) in [6.07, 6.45) is 5.87. The molecule has 0 aromatic carbocycles. The summed E-state index contributed by atoms with van der Waals surface area (Å²) in [6, 6.07) is 10.9. The topological polar surface area (TPSA) is 59.7 Å². The van der Waals surface area contributed by atoms with Crippen molar-refractivity contribution >= 4 is 24.4 Å². The van der Waals surface area contributed by atoms with Gasteiger partial charge < -0.3 is 4.74 Å². The lowest BCUT2D eigenvalue weighted by atomic mass is 10.5. The van der Waals surface area contributed by atoms with Gasteiger partial charge in [-0.05, 0) is 24.3 Å². The van der Waals surface area contributed by atoms with Gasteiger partial charge in [-0.15, -0.1) is 0 Å². The predicted molar refractivity (Wildman–Crippen MR) is 65.9 cm³/mol. The van der Waals surface area contributed by atoms with Crippen LogP contribution in [0.4, 0.5) is 11.6 Å². The maximum Gasteiger partial charge on any atom is 0.184 e.